The molecule has 1 saturated carbocycles. The van der Waals surface area contributed by atoms with Crippen molar-refractivity contribution < 1.29 is 4.79 Å². The third kappa shape index (κ3) is 2.51. The van der Waals surface area contributed by atoms with Crippen molar-refractivity contribution in [3.05, 3.63) is 22.4 Å². The second-order valence-electron chi connectivity index (χ2n) is 6.02. The van der Waals surface area contributed by atoms with Crippen LogP contribution in [0.5, 0.6) is 0 Å². The Labute approximate surface area is 125 Å². The predicted molar refractivity (Wildman–Crippen MR) is 82.5 cm³/mol. The Hall–Kier alpha value is -0.870. The lowest BCUT2D eigenvalue weighted by Gasteiger charge is -2.23. The first-order valence-corrected chi connectivity index (χ1v) is 8.75. The highest BCUT2D eigenvalue weighted by Crippen LogP contribution is 2.45. The molecule has 1 amide bonds. The van der Waals surface area contributed by atoms with Gasteiger partial charge in [0.25, 0.3) is 0 Å². The van der Waals surface area contributed by atoms with E-state index < -0.39 is 0 Å². The van der Waals surface area contributed by atoms with E-state index in [1.165, 1.54) is 24.1 Å². The van der Waals surface area contributed by atoms with E-state index >= 15 is 0 Å². The van der Waals surface area contributed by atoms with E-state index in [1.807, 2.05) is 0 Å². The Morgan fingerprint density at radius 3 is 2.80 bits per heavy atom. The first-order valence-electron chi connectivity index (χ1n) is 7.87. The van der Waals surface area contributed by atoms with Gasteiger partial charge in [-0.05, 0) is 36.6 Å². The first kappa shape index (κ1) is 14.1. The molecule has 2 heterocycles. The summed E-state index contributed by atoms with van der Waals surface area (Å²) in [7, 11) is 0. The van der Waals surface area contributed by atoms with E-state index in [1.54, 1.807) is 11.3 Å². The van der Waals surface area contributed by atoms with Gasteiger partial charge < -0.3 is 4.90 Å². The van der Waals surface area contributed by atoms with Gasteiger partial charge >= 0.3 is 0 Å². The molecular weight excluding hydrogens is 268 g/mol. The smallest absolute Gasteiger partial charge is 0.241 e. The molecule has 0 radical (unpaired) electrons. The standard InChI is InChI=1S/C16H24N2OS/c1-3-6-11-10-13(11)18-15(14-8-5-9-20-14)17-12(7-4-2)16(18)19/h5,8-9,11-13,15,17H,3-4,6-7,10H2,1-2H3. The summed E-state index contributed by atoms with van der Waals surface area (Å²) < 4.78 is 0. The van der Waals surface area contributed by atoms with Crippen molar-refractivity contribution in [2.45, 2.75) is 64.2 Å². The molecular formula is C16H24N2OS. The van der Waals surface area contributed by atoms with E-state index in [9.17, 15) is 4.79 Å². The topological polar surface area (TPSA) is 32.3 Å². The van der Waals surface area contributed by atoms with E-state index in [0.29, 0.717) is 11.9 Å². The van der Waals surface area contributed by atoms with Crippen LogP contribution in [0.15, 0.2) is 17.5 Å². The lowest BCUT2D eigenvalue weighted by molar-refractivity contribution is -0.131. The maximum Gasteiger partial charge on any atom is 0.241 e. The Balaban J connectivity index is 1.78. The van der Waals surface area contributed by atoms with Crippen molar-refractivity contribution in [1.29, 1.82) is 0 Å². The second kappa shape index (κ2) is 5.86. The van der Waals surface area contributed by atoms with E-state index in [4.69, 9.17) is 0 Å². The third-order valence-electron chi connectivity index (χ3n) is 4.48. The van der Waals surface area contributed by atoms with Gasteiger partial charge in [0, 0.05) is 10.9 Å². The number of nitrogens with zero attached hydrogens (tertiary/aromatic N) is 1. The van der Waals surface area contributed by atoms with Gasteiger partial charge in [-0.15, -0.1) is 11.3 Å². The minimum Gasteiger partial charge on any atom is -0.317 e. The number of hydrogen-bond donors (Lipinski definition) is 1. The molecule has 1 aliphatic carbocycles. The van der Waals surface area contributed by atoms with Crippen LogP contribution in [0.2, 0.25) is 0 Å². The van der Waals surface area contributed by atoms with Gasteiger partial charge in [0.2, 0.25) is 5.91 Å². The second-order valence-corrected chi connectivity index (χ2v) is 7.00. The quantitative estimate of drug-likeness (QED) is 0.870. The van der Waals surface area contributed by atoms with Crippen LogP contribution in [0.25, 0.3) is 0 Å². The summed E-state index contributed by atoms with van der Waals surface area (Å²) in [6.07, 6.45) is 5.79. The van der Waals surface area contributed by atoms with E-state index in [2.05, 4.69) is 41.6 Å². The van der Waals surface area contributed by atoms with Crippen molar-refractivity contribution in [2.24, 2.45) is 5.92 Å². The Kier molecular flexibility index (Phi) is 4.13. The Bertz CT molecular complexity index is 459. The average molecular weight is 292 g/mol. The molecule has 0 spiro atoms. The molecule has 1 N–H and O–H groups in total. The van der Waals surface area contributed by atoms with Crippen molar-refractivity contribution in [3.8, 4) is 0 Å². The monoisotopic (exact) mass is 292 g/mol. The molecule has 110 valence electrons. The van der Waals surface area contributed by atoms with Gasteiger partial charge in [-0.25, -0.2) is 0 Å². The fraction of sp³-hybridized carbons (Fsp3) is 0.688. The number of rotatable bonds is 6. The fourth-order valence-corrected chi connectivity index (χ4v) is 4.20. The molecule has 3 rings (SSSR count). The summed E-state index contributed by atoms with van der Waals surface area (Å²) in [6.45, 7) is 4.38. The van der Waals surface area contributed by atoms with Crippen LogP contribution in [0.4, 0.5) is 0 Å². The molecule has 1 aromatic rings. The molecule has 1 aliphatic heterocycles. The number of amides is 1. The SMILES string of the molecule is CCCC1NC(c2cccs2)N(C2CC2CCC)C1=O. The van der Waals surface area contributed by atoms with Crippen molar-refractivity contribution in [1.82, 2.24) is 10.2 Å². The largest absolute Gasteiger partial charge is 0.317 e. The molecule has 4 unspecified atom stereocenters. The minimum atomic E-state index is 0.0231. The average Bonchev–Trinajstić information content (AvgIpc) is 2.89. The molecule has 20 heavy (non-hydrogen) atoms. The molecule has 2 aliphatic rings. The summed E-state index contributed by atoms with van der Waals surface area (Å²) in [4.78, 5) is 16.1. The molecule has 0 aromatic carbocycles. The lowest BCUT2D eigenvalue weighted by atomic mass is 10.1. The third-order valence-corrected chi connectivity index (χ3v) is 5.41. The summed E-state index contributed by atoms with van der Waals surface area (Å²) in [6, 6.07) is 4.72. The zero-order chi connectivity index (χ0) is 14.1. The first-order chi connectivity index (χ1) is 9.76. The zero-order valence-electron chi connectivity index (χ0n) is 12.3. The van der Waals surface area contributed by atoms with Crippen molar-refractivity contribution in [3.63, 3.8) is 0 Å². The molecule has 4 heteroatoms. The minimum absolute atomic E-state index is 0.0231. The number of carbonyl (C=O) groups is 1. The highest BCUT2D eigenvalue weighted by molar-refractivity contribution is 7.10. The van der Waals surface area contributed by atoms with E-state index in [0.717, 1.165) is 18.8 Å². The summed E-state index contributed by atoms with van der Waals surface area (Å²) >= 11 is 1.75. The number of hydrogen-bond acceptors (Lipinski definition) is 3. The van der Waals surface area contributed by atoms with Gasteiger partial charge in [-0.3, -0.25) is 10.1 Å². The maximum absolute atomic E-state index is 12.7. The van der Waals surface area contributed by atoms with Crippen LogP contribution in [0, 0.1) is 5.92 Å². The van der Waals surface area contributed by atoms with Gasteiger partial charge in [0.05, 0.1) is 6.04 Å². The van der Waals surface area contributed by atoms with Crippen molar-refractivity contribution in [2.75, 3.05) is 0 Å². The molecule has 1 aromatic heterocycles. The van der Waals surface area contributed by atoms with Crippen LogP contribution in [0.1, 0.15) is 57.0 Å². The Morgan fingerprint density at radius 1 is 1.35 bits per heavy atom. The molecule has 2 fully saturated rings. The van der Waals surface area contributed by atoms with E-state index in [-0.39, 0.29) is 12.2 Å². The molecule has 1 saturated heterocycles. The van der Waals surface area contributed by atoms with Crippen LogP contribution in [-0.4, -0.2) is 22.9 Å². The van der Waals surface area contributed by atoms with Gasteiger partial charge in [-0.2, -0.15) is 0 Å². The lowest BCUT2D eigenvalue weighted by Crippen LogP contribution is -2.33. The molecule has 3 nitrogen and oxygen atoms in total. The van der Waals surface area contributed by atoms with Gasteiger partial charge in [-0.1, -0.05) is 32.8 Å². The fourth-order valence-electron chi connectivity index (χ4n) is 3.42. The zero-order valence-corrected chi connectivity index (χ0v) is 13.2. The Morgan fingerprint density at radius 2 is 2.15 bits per heavy atom. The number of nitrogens with one attached hydrogen (secondary N) is 1. The van der Waals surface area contributed by atoms with Crippen molar-refractivity contribution >= 4 is 17.2 Å². The highest BCUT2D eigenvalue weighted by Gasteiger charge is 2.51. The molecule has 0 bridgehead atoms. The summed E-state index contributed by atoms with van der Waals surface area (Å²) in [5, 5.41) is 5.67. The van der Waals surface area contributed by atoms with Crippen LogP contribution in [0.3, 0.4) is 0 Å². The summed E-state index contributed by atoms with van der Waals surface area (Å²) in [5.41, 5.74) is 0. The highest BCUT2D eigenvalue weighted by atomic mass is 32.1. The van der Waals surface area contributed by atoms with Gasteiger partial charge in [0.1, 0.15) is 6.17 Å². The van der Waals surface area contributed by atoms with Crippen LogP contribution in [-0.2, 0) is 4.79 Å². The number of thiophene rings is 1. The van der Waals surface area contributed by atoms with Crippen LogP contribution >= 0.6 is 11.3 Å². The molecule has 4 atom stereocenters. The predicted octanol–water partition coefficient (Wildman–Crippen LogP) is 3.54. The summed E-state index contributed by atoms with van der Waals surface area (Å²) in [5.74, 6) is 1.06. The van der Waals surface area contributed by atoms with Gasteiger partial charge in [0.15, 0.2) is 0 Å². The normalized spacial score (nSPS) is 32.9. The number of carbonyl (C=O) groups excluding carboxylic acids is 1. The maximum atomic E-state index is 12.7. The van der Waals surface area contributed by atoms with Crippen LogP contribution < -0.4 is 5.32 Å².